The first-order valence-corrected chi connectivity index (χ1v) is 9.35. The molecule has 0 aliphatic carbocycles. The Morgan fingerprint density at radius 3 is 2.71 bits per heavy atom. The van der Waals surface area contributed by atoms with E-state index in [2.05, 4.69) is 15.2 Å². The molecule has 2 aromatic heterocycles. The van der Waals surface area contributed by atoms with Crippen molar-refractivity contribution in [1.29, 1.82) is 0 Å². The van der Waals surface area contributed by atoms with E-state index in [1.54, 1.807) is 26.0 Å². The van der Waals surface area contributed by atoms with E-state index < -0.39 is 28.2 Å². The Morgan fingerprint density at radius 1 is 1.29 bits per heavy atom. The van der Waals surface area contributed by atoms with Gasteiger partial charge in [-0.05, 0) is 19.9 Å². The highest BCUT2D eigenvalue weighted by Gasteiger charge is 2.41. The molecule has 0 aliphatic rings. The van der Waals surface area contributed by atoms with Gasteiger partial charge in [-0.2, -0.15) is 10.2 Å². The maximum absolute atomic E-state index is 14.8. The van der Waals surface area contributed by atoms with Crippen molar-refractivity contribution in [2.24, 2.45) is 0 Å². The molecule has 9 nitrogen and oxygen atoms in total. The summed E-state index contributed by atoms with van der Waals surface area (Å²) in [7, 11) is 0. The van der Waals surface area contributed by atoms with Crippen LogP contribution in [-0.4, -0.2) is 34.6 Å². The van der Waals surface area contributed by atoms with Gasteiger partial charge in [0.05, 0.1) is 17.5 Å². The molecular formula is C20H18F2N6O3. The highest BCUT2D eigenvalue weighted by Crippen LogP contribution is 2.39. The first-order chi connectivity index (χ1) is 14.7. The number of non-ortho nitro benzene ring substituents is 1. The van der Waals surface area contributed by atoms with Crippen molar-refractivity contribution in [1.82, 2.24) is 24.5 Å². The van der Waals surface area contributed by atoms with Gasteiger partial charge in [0.1, 0.15) is 29.9 Å². The molecule has 0 aliphatic heterocycles. The number of halogens is 2. The number of nitro benzene ring substituents is 1. The van der Waals surface area contributed by atoms with Crippen molar-refractivity contribution in [3.05, 3.63) is 82.1 Å². The Bertz CT molecular complexity index is 1270. The molecular weight excluding hydrogens is 410 g/mol. The van der Waals surface area contributed by atoms with Crippen LogP contribution in [0.25, 0.3) is 10.9 Å². The van der Waals surface area contributed by atoms with Gasteiger partial charge in [-0.3, -0.25) is 14.8 Å². The molecule has 2 aromatic carbocycles. The van der Waals surface area contributed by atoms with Crippen LogP contribution in [0.5, 0.6) is 0 Å². The Kier molecular flexibility index (Phi) is 4.97. The monoisotopic (exact) mass is 428 g/mol. The van der Waals surface area contributed by atoms with Gasteiger partial charge in [0.25, 0.3) is 5.69 Å². The molecule has 0 saturated carbocycles. The predicted molar refractivity (Wildman–Crippen MR) is 106 cm³/mol. The van der Waals surface area contributed by atoms with Crippen LogP contribution in [-0.2, 0) is 12.1 Å². The fourth-order valence-electron chi connectivity index (χ4n) is 3.81. The second kappa shape index (κ2) is 7.51. The number of nitrogens with zero attached hydrogens (tertiary/aromatic N) is 6. The summed E-state index contributed by atoms with van der Waals surface area (Å²) in [4.78, 5) is 14.7. The Hall–Kier alpha value is -3.73. The molecule has 1 N–H and O–H groups in total. The summed E-state index contributed by atoms with van der Waals surface area (Å²) < 4.78 is 31.0. The molecule has 2 heterocycles. The highest BCUT2D eigenvalue weighted by atomic mass is 19.1. The van der Waals surface area contributed by atoms with Gasteiger partial charge < -0.3 is 5.11 Å². The highest BCUT2D eigenvalue weighted by molar-refractivity contribution is 5.89. The molecule has 0 unspecified atom stereocenters. The zero-order valence-electron chi connectivity index (χ0n) is 16.6. The summed E-state index contributed by atoms with van der Waals surface area (Å²) >= 11 is 0. The number of hydrogen-bond donors (Lipinski definition) is 1. The number of aromatic nitrogens is 5. The SMILES string of the molecule is Cc1c2cccc([N+](=O)[O-])c2nn1[C@H](C)[C@](O)(Cn1cncn1)c1ccc(F)cc1F. The Labute approximate surface area is 174 Å². The maximum Gasteiger partial charge on any atom is 0.297 e. The Morgan fingerprint density at radius 2 is 2.06 bits per heavy atom. The summed E-state index contributed by atoms with van der Waals surface area (Å²) in [6, 6.07) is 6.56. The quantitative estimate of drug-likeness (QED) is 0.373. The lowest BCUT2D eigenvalue weighted by molar-refractivity contribution is -0.383. The number of hydrogen-bond acceptors (Lipinski definition) is 6. The van der Waals surface area contributed by atoms with Crippen LogP contribution in [0.15, 0.2) is 49.1 Å². The lowest BCUT2D eigenvalue weighted by Gasteiger charge is -2.35. The zero-order chi connectivity index (χ0) is 22.3. The Balaban J connectivity index is 1.90. The van der Waals surface area contributed by atoms with Gasteiger partial charge in [-0.25, -0.2) is 18.4 Å². The summed E-state index contributed by atoms with van der Waals surface area (Å²) in [5.41, 5.74) is -1.58. The van der Waals surface area contributed by atoms with Crippen molar-refractivity contribution in [3.8, 4) is 0 Å². The van der Waals surface area contributed by atoms with E-state index in [1.807, 2.05) is 0 Å². The minimum Gasteiger partial charge on any atom is -0.381 e. The average molecular weight is 428 g/mol. The molecule has 0 fully saturated rings. The first-order valence-electron chi connectivity index (χ1n) is 9.35. The zero-order valence-corrected chi connectivity index (χ0v) is 16.6. The third-order valence-electron chi connectivity index (χ3n) is 5.48. The van der Waals surface area contributed by atoms with E-state index in [9.17, 15) is 24.0 Å². The second-order valence-electron chi connectivity index (χ2n) is 7.28. The number of aryl methyl sites for hydroxylation is 1. The number of nitro groups is 1. The van der Waals surface area contributed by atoms with Crippen molar-refractivity contribution in [2.45, 2.75) is 32.0 Å². The van der Waals surface area contributed by atoms with Crippen LogP contribution >= 0.6 is 0 Å². The van der Waals surface area contributed by atoms with E-state index in [0.717, 1.165) is 6.07 Å². The van der Waals surface area contributed by atoms with Crippen LogP contribution in [0.2, 0.25) is 0 Å². The van der Waals surface area contributed by atoms with Crippen LogP contribution in [0.4, 0.5) is 14.5 Å². The topological polar surface area (TPSA) is 112 Å². The maximum atomic E-state index is 14.8. The van der Waals surface area contributed by atoms with E-state index in [1.165, 1.54) is 34.2 Å². The van der Waals surface area contributed by atoms with Gasteiger partial charge in [-0.15, -0.1) is 0 Å². The predicted octanol–water partition coefficient (Wildman–Crippen LogP) is 3.27. The third kappa shape index (κ3) is 3.42. The van der Waals surface area contributed by atoms with Crippen molar-refractivity contribution < 1.29 is 18.8 Å². The minimum absolute atomic E-state index is 0.152. The number of aliphatic hydroxyl groups is 1. The van der Waals surface area contributed by atoms with Crippen LogP contribution < -0.4 is 0 Å². The standard InChI is InChI=1S/C20H18F2N6O3/c1-12-15-4-3-5-18(28(30)31)19(15)25-27(12)13(2)20(29,9-26-11-23-10-24-26)16-7-6-14(21)8-17(16)22/h3-8,10-11,13,29H,9H2,1-2H3/t13-,20-/m1/s1. The van der Waals surface area contributed by atoms with E-state index in [4.69, 9.17) is 0 Å². The molecule has 0 amide bonds. The third-order valence-corrected chi connectivity index (χ3v) is 5.48. The molecule has 0 radical (unpaired) electrons. The molecule has 2 atom stereocenters. The lowest BCUT2D eigenvalue weighted by Crippen LogP contribution is -2.41. The molecule has 0 saturated heterocycles. The summed E-state index contributed by atoms with van der Waals surface area (Å²) in [5, 5.41) is 32.0. The fourth-order valence-corrected chi connectivity index (χ4v) is 3.81. The normalized spacial score (nSPS) is 14.5. The van der Waals surface area contributed by atoms with Gasteiger partial charge in [0.15, 0.2) is 5.52 Å². The number of rotatable bonds is 6. The van der Waals surface area contributed by atoms with Crippen LogP contribution in [0.1, 0.15) is 24.2 Å². The molecule has 11 heteroatoms. The smallest absolute Gasteiger partial charge is 0.297 e. The number of fused-ring (bicyclic) bond motifs is 1. The second-order valence-corrected chi connectivity index (χ2v) is 7.28. The summed E-state index contributed by atoms with van der Waals surface area (Å²) in [5.74, 6) is -1.72. The van der Waals surface area contributed by atoms with Gasteiger partial charge in [-0.1, -0.05) is 18.2 Å². The van der Waals surface area contributed by atoms with Crippen LogP contribution in [0, 0.1) is 28.7 Å². The van der Waals surface area contributed by atoms with Gasteiger partial charge in [0.2, 0.25) is 0 Å². The van der Waals surface area contributed by atoms with Crippen molar-refractivity contribution in [3.63, 3.8) is 0 Å². The molecule has 4 aromatic rings. The van der Waals surface area contributed by atoms with E-state index >= 15 is 0 Å². The molecule has 4 rings (SSSR count). The molecule has 0 bridgehead atoms. The van der Waals surface area contributed by atoms with Crippen LogP contribution in [0.3, 0.4) is 0 Å². The van der Waals surface area contributed by atoms with Gasteiger partial charge >= 0.3 is 0 Å². The first kappa shape index (κ1) is 20.5. The molecule has 0 spiro atoms. The van der Waals surface area contributed by atoms with Gasteiger partial charge in [0, 0.05) is 28.8 Å². The summed E-state index contributed by atoms with van der Waals surface area (Å²) in [6.45, 7) is 3.09. The molecule has 31 heavy (non-hydrogen) atoms. The lowest BCUT2D eigenvalue weighted by atomic mass is 9.86. The molecule has 160 valence electrons. The summed E-state index contributed by atoms with van der Waals surface area (Å²) in [6.07, 6.45) is 2.62. The van der Waals surface area contributed by atoms with E-state index in [-0.39, 0.29) is 23.3 Å². The largest absolute Gasteiger partial charge is 0.381 e. The van der Waals surface area contributed by atoms with Crippen molar-refractivity contribution >= 4 is 16.6 Å². The fraction of sp³-hybridized carbons (Fsp3) is 0.250. The minimum atomic E-state index is -1.94. The number of benzene rings is 2. The van der Waals surface area contributed by atoms with E-state index in [0.29, 0.717) is 17.1 Å². The van der Waals surface area contributed by atoms with Crippen molar-refractivity contribution in [2.75, 3.05) is 0 Å². The average Bonchev–Trinajstić information content (AvgIpc) is 3.34.